The predicted molar refractivity (Wildman–Crippen MR) is 90.1 cm³/mol. The van der Waals surface area contributed by atoms with Crippen molar-refractivity contribution in [1.82, 2.24) is 4.90 Å². The van der Waals surface area contributed by atoms with Crippen LogP contribution >= 0.6 is 11.6 Å². The van der Waals surface area contributed by atoms with Gasteiger partial charge in [0.05, 0.1) is 24.2 Å². The van der Waals surface area contributed by atoms with Crippen molar-refractivity contribution in [3.63, 3.8) is 0 Å². The molecule has 1 aromatic rings. The van der Waals surface area contributed by atoms with Gasteiger partial charge in [0.15, 0.2) is 0 Å². The highest BCUT2D eigenvalue weighted by atomic mass is 35.5. The second kappa shape index (κ2) is 8.53. The minimum absolute atomic E-state index is 0.0280. The quantitative estimate of drug-likeness (QED) is 0.736. The zero-order valence-corrected chi connectivity index (χ0v) is 14.2. The first-order valence-electron chi connectivity index (χ1n) is 8.11. The standard InChI is InChI=1S/C18H25ClN2O/c1-14-12-21(13-15(2)22-14)10-4-3-5-17(11-20)16-6-8-18(19)9-7-16/h6-9,14-15,17H,3-5,10,12-13H2,1-2H3. The number of hydrogen-bond donors (Lipinski definition) is 0. The van der Waals surface area contributed by atoms with Gasteiger partial charge in [-0.25, -0.2) is 0 Å². The Morgan fingerprint density at radius 2 is 1.86 bits per heavy atom. The monoisotopic (exact) mass is 320 g/mol. The average molecular weight is 321 g/mol. The molecule has 0 amide bonds. The number of halogens is 1. The molecule has 0 spiro atoms. The molecule has 0 aliphatic carbocycles. The highest BCUT2D eigenvalue weighted by Gasteiger charge is 2.21. The third-order valence-electron chi connectivity index (χ3n) is 4.14. The maximum atomic E-state index is 9.36. The van der Waals surface area contributed by atoms with Crippen LogP contribution in [0.5, 0.6) is 0 Å². The molecule has 2 rings (SSSR count). The van der Waals surface area contributed by atoms with E-state index in [0.717, 1.165) is 49.5 Å². The van der Waals surface area contributed by atoms with E-state index in [1.54, 1.807) is 0 Å². The second-order valence-electron chi connectivity index (χ2n) is 6.25. The van der Waals surface area contributed by atoms with Crippen molar-refractivity contribution >= 4 is 11.6 Å². The average Bonchev–Trinajstić information content (AvgIpc) is 2.48. The smallest absolute Gasteiger partial charge is 0.0712 e. The van der Waals surface area contributed by atoms with Gasteiger partial charge in [-0.1, -0.05) is 30.2 Å². The summed E-state index contributed by atoms with van der Waals surface area (Å²) >= 11 is 5.90. The zero-order chi connectivity index (χ0) is 15.9. The maximum Gasteiger partial charge on any atom is 0.0712 e. The van der Waals surface area contributed by atoms with Gasteiger partial charge in [0.1, 0.15) is 0 Å². The molecular weight excluding hydrogens is 296 g/mol. The fourth-order valence-corrected chi connectivity index (χ4v) is 3.28. The van der Waals surface area contributed by atoms with Gasteiger partial charge in [-0.15, -0.1) is 0 Å². The van der Waals surface area contributed by atoms with E-state index in [0.29, 0.717) is 12.2 Å². The highest BCUT2D eigenvalue weighted by molar-refractivity contribution is 6.30. The minimum Gasteiger partial charge on any atom is -0.373 e. The van der Waals surface area contributed by atoms with Crippen LogP contribution < -0.4 is 0 Å². The Hall–Kier alpha value is -1.08. The Morgan fingerprint density at radius 3 is 2.45 bits per heavy atom. The Morgan fingerprint density at radius 1 is 1.23 bits per heavy atom. The molecule has 3 unspecified atom stereocenters. The molecule has 22 heavy (non-hydrogen) atoms. The molecule has 1 aliphatic rings. The first-order valence-corrected chi connectivity index (χ1v) is 8.49. The summed E-state index contributed by atoms with van der Waals surface area (Å²) < 4.78 is 5.75. The molecule has 1 aliphatic heterocycles. The number of ether oxygens (including phenoxy) is 1. The van der Waals surface area contributed by atoms with Gasteiger partial charge in [-0.2, -0.15) is 5.26 Å². The van der Waals surface area contributed by atoms with E-state index < -0.39 is 0 Å². The van der Waals surface area contributed by atoms with Crippen LogP contribution in [-0.2, 0) is 4.74 Å². The van der Waals surface area contributed by atoms with Crippen LogP contribution in [0.4, 0.5) is 0 Å². The molecule has 0 radical (unpaired) electrons. The van der Waals surface area contributed by atoms with Gasteiger partial charge in [0, 0.05) is 18.1 Å². The van der Waals surface area contributed by atoms with Crippen LogP contribution in [-0.4, -0.2) is 36.7 Å². The molecular formula is C18H25ClN2O. The molecule has 0 N–H and O–H groups in total. The molecule has 4 heteroatoms. The Bertz CT molecular complexity index is 487. The summed E-state index contributed by atoms with van der Waals surface area (Å²) in [6, 6.07) is 10.1. The minimum atomic E-state index is -0.0280. The van der Waals surface area contributed by atoms with Crippen LogP contribution in [0.25, 0.3) is 0 Å². The summed E-state index contributed by atoms with van der Waals surface area (Å²) in [4.78, 5) is 2.47. The van der Waals surface area contributed by atoms with E-state index in [-0.39, 0.29) is 5.92 Å². The lowest BCUT2D eigenvalue weighted by Gasteiger charge is -2.35. The third kappa shape index (κ3) is 5.28. The summed E-state index contributed by atoms with van der Waals surface area (Å²) in [5.74, 6) is -0.0280. The molecule has 0 bridgehead atoms. The van der Waals surface area contributed by atoms with Crippen molar-refractivity contribution in [2.75, 3.05) is 19.6 Å². The molecule has 120 valence electrons. The lowest BCUT2D eigenvalue weighted by molar-refractivity contribution is -0.0681. The van der Waals surface area contributed by atoms with Crippen molar-refractivity contribution in [1.29, 1.82) is 5.26 Å². The lowest BCUT2D eigenvalue weighted by atomic mass is 9.95. The number of benzene rings is 1. The number of unbranched alkanes of at least 4 members (excludes halogenated alkanes) is 1. The topological polar surface area (TPSA) is 36.3 Å². The summed E-state index contributed by atoms with van der Waals surface area (Å²) in [6.07, 6.45) is 3.76. The molecule has 1 fully saturated rings. The largest absolute Gasteiger partial charge is 0.373 e. The number of rotatable bonds is 6. The summed E-state index contributed by atoms with van der Waals surface area (Å²) in [6.45, 7) is 7.40. The van der Waals surface area contributed by atoms with Gasteiger partial charge >= 0.3 is 0 Å². The normalized spacial score (nSPS) is 23.9. The Labute approximate surface area is 138 Å². The van der Waals surface area contributed by atoms with Gasteiger partial charge < -0.3 is 4.74 Å². The number of nitriles is 1. The van der Waals surface area contributed by atoms with E-state index in [4.69, 9.17) is 16.3 Å². The van der Waals surface area contributed by atoms with Gasteiger partial charge in [0.25, 0.3) is 0 Å². The summed E-state index contributed by atoms with van der Waals surface area (Å²) in [5, 5.41) is 10.1. The predicted octanol–water partition coefficient (Wildman–Crippen LogP) is 4.23. The third-order valence-corrected chi connectivity index (χ3v) is 4.39. The van der Waals surface area contributed by atoms with E-state index in [1.807, 2.05) is 24.3 Å². The van der Waals surface area contributed by atoms with Crippen LogP contribution in [0, 0.1) is 11.3 Å². The fourth-order valence-electron chi connectivity index (χ4n) is 3.15. The molecule has 3 nitrogen and oxygen atoms in total. The first-order chi connectivity index (χ1) is 10.6. The van der Waals surface area contributed by atoms with Gasteiger partial charge in [-0.3, -0.25) is 4.90 Å². The van der Waals surface area contributed by atoms with Crippen molar-refractivity contribution in [3.05, 3.63) is 34.9 Å². The van der Waals surface area contributed by atoms with Crippen molar-refractivity contribution < 1.29 is 4.74 Å². The molecule has 0 aromatic heterocycles. The Balaban J connectivity index is 1.73. The van der Waals surface area contributed by atoms with Crippen molar-refractivity contribution in [2.45, 2.75) is 51.2 Å². The number of morpholine rings is 1. The van der Waals surface area contributed by atoms with E-state index >= 15 is 0 Å². The van der Waals surface area contributed by atoms with Crippen molar-refractivity contribution in [3.8, 4) is 6.07 Å². The van der Waals surface area contributed by atoms with Gasteiger partial charge in [0.2, 0.25) is 0 Å². The lowest BCUT2D eigenvalue weighted by Crippen LogP contribution is -2.45. The van der Waals surface area contributed by atoms with E-state index in [1.165, 1.54) is 0 Å². The van der Waals surface area contributed by atoms with Crippen molar-refractivity contribution in [2.24, 2.45) is 0 Å². The van der Waals surface area contributed by atoms with E-state index in [2.05, 4.69) is 24.8 Å². The van der Waals surface area contributed by atoms with Crippen LogP contribution in [0.2, 0.25) is 5.02 Å². The molecule has 1 aromatic carbocycles. The Kier molecular flexibility index (Phi) is 6.70. The summed E-state index contributed by atoms with van der Waals surface area (Å²) in [7, 11) is 0. The van der Waals surface area contributed by atoms with Crippen LogP contribution in [0.15, 0.2) is 24.3 Å². The number of nitrogens with zero attached hydrogens (tertiary/aromatic N) is 2. The fraction of sp³-hybridized carbons (Fsp3) is 0.611. The molecule has 1 heterocycles. The SMILES string of the molecule is CC1CN(CCCCC(C#N)c2ccc(Cl)cc2)CC(C)O1. The van der Waals surface area contributed by atoms with E-state index in [9.17, 15) is 5.26 Å². The zero-order valence-electron chi connectivity index (χ0n) is 13.5. The van der Waals surface area contributed by atoms with Gasteiger partial charge in [-0.05, 0) is 50.9 Å². The second-order valence-corrected chi connectivity index (χ2v) is 6.68. The first kappa shape index (κ1) is 17.3. The molecule has 0 saturated carbocycles. The maximum absolute atomic E-state index is 9.36. The highest BCUT2D eigenvalue weighted by Crippen LogP contribution is 2.23. The summed E-state index contributed by atoms with van der Waals surface area (Å²) in [5.41, 5.74) is 1.07. The van der Waals surface area contributed by atoms with Crippen LogP contribution in [0.1, 0.15) is 44.6 Å². The number of hydrogen-bond acceptors (Lipinski definition) is 3. The molecule has 1 saturated heterocycles. The van der Waals surface area contributed by atoms with Crippen LogP contribution in [0.3, 0.4) is 0 Å². The molecule has 3 atom stereocenters.